The van der Waals surface area contributed by atoms with Crippen molar-refractivity contribution in [3.05, 3.63) is 59.9 Å². The number of amides is 2. The van der Waals surface area contributed by atoms with E-state index in [0.29, 0.717) is 5.69 Å². The number of hydrogen-bond acceptors (Lipinski definition) is 2. The topological polar surface area (TPSA) is 49.4 Å². The number of carbonyl (C=O) groups excluding carboxylic acids is 2. The largest absolute Gasteiger partial charge is 0.416 e. The molecule has 8 heteroatoms. The molecular weight excluding hydrogens is 352 g/mol. The summed E-state index contributed by atoms with van der Waals surface area (Å²) in [4.78, 5) is 25.7. The van der Waals surface area contributed by atoms with Gasteiger partial charge >= 0.3 is 6.18 Å². The second-order valence-corrected chi connectivity index (χ2v) is 5.95. The maximum absolute atomic E-state index is 13.3. The van der Waals surface area contributed by atoms with Crippen molar-refractivity contribution in [1.82, 2.24) is 0 Å². The third kappa shape index (κ3) is 3.84. The third-order valence-electron chi connectivity index (χ3n) is 4.07. The van der Waals surface area contributed by atoms with Crippen molar-refractivity contribution in [1.29, 1.82) is 0 Å². The molecule has 1 fully saturated rings. The molecule has 2 aromatic carbocycles. The summed E-state index contributed by atoms with van der Waals surface area (Å²) >= 11 is 0. The third-order valence-corrected chi connectivity index (χ3v) is 4.07. The first-order chi connectivity index (χ1) is 12.2. The lowest BCUT2D eigenvalue weighted by molar-refractivity contribution is -0.137. The molecule has 1 heterocycles. The van der Waals surface area contributed by atoms with E-state index in [9.17, 15) is 27.2 Å². The minimum atomic E-state index is -4.52. The van der Waals surface area contributed by atoms with Gasteiger partial charge in [0.15, 0.2) is 0 Å². The SMILES string of the molecule is O=C(Nc1cccc(C(F)(F)F)c1)C1CC(=O)N(c2cccc(F)c2)C1. The summed E-state index contributed by atoms with van der Waals surface area (Å²) in [6.07, 6.45) is -4.61. The van der Waals surface area contributed by atoms with Gasteiger partial charge in [-0.05, 0) is 36.4 Å². The van der Waals surface area contributed by atoms with Crippen molar-refractivity contribution in [3.8, 4) is 0 Å². The Morgan fingerprint density at radius 1 is 1.12 bits per heavy atom. The second kappa shape index (κ2) is 6.78. The first kappa shape index (κ1) is 17.9. The number of rotatable bonds is 3. The quantitative estimate of drug-likeness (QED) is 0.840. The van der Waals surface area contributed by atoms with E-state index in [1.807, 2.05) is 0 Å². The fourth-order valence-corrected chi connectivity index (χ4v) is 2.79. The lowest BCUT2D eigenvalue weighted by Gasteiger charge is -2.17. The average Bonchev–Trinajstić information content (AvgIpc) is 2.96. The lowest BCUT2D eigenvalue weighted by Crippen LogP contribution is -2.28. The Balaban J connectivity index is 1.71. The Bertz CT molecular complexity index is 851. The van der Waals surface area contributed by atoms with Crippen molar-refractivity contribution < 1.29 is 27.2 Å². The van der Waals surface area contributed by atoms with Gasteiger partial charge in [0.2, 0.25) is 11.8 Å². The van der Waals surface area contributed by atoms with E-state index >= 15 is 0 Å². The van der Waals surface area contributed by atoms with Gasteiger partial charge in [0, 0.05) is 24.3 Å². The zero-order valence-electron chi connectivity index (χ0n) is 13.4. The molecule has 3 rings (SSSR count). The predicted octanol–water partition coefficient (Wildman–Crippen LogP) is 3.84. The second-order valence-electron chi connectivity index (χ2n) is 5.95. The maximum atomic E-state index is 13.3. The Kier molecular flexibility index (Phi) is 4.67. The van der Waals surface area contributed by atoms with E-state index in [0.717, 1.165) is 12.1 Å². The number of alkyl halides is 3. The molecule has 0 saturated carbocycles. The molecule has 0 spiro atoms. The molecule has 1 saturated heterocycles. The van der Waals surface area contributed by atoms with Gasteiger partial charge in [-0.15, -0.1) is 0 Å². The molecular formula is C18H14F4N2O2. The molecule has 1 aliphatic rings. The van der Waals surface area contributed by atoms with Crippen LogP contribution in [0.2, 0.25) is 0 Å². The molecule has 0 aliphatic carbocycles. The van der Waals surface area contributed by atoms with Gasteiger partial charge in [0.05, 0.1) is 11.5 Å². The Labute approximate surface area is 146 Å². The van der Waals surface area contributed by atoms with E-state index in [4.69, 9.17) is 0 Å². The van der Waals surface area contributed by atoms with Crippen LogP contribution in [0.3, 0.4) is 0 Å². The van der Waals surface area contributed by atoms with E-state index in [1.165, 1.54) is 35.2 Å². The van der Waals surface area contributed by atoms with Gasteiger partial charge in [0.25, 0.3) is 0 Å². The van der Waals surface area contributed by atoms with Gasteiger partial charge in [-0.3, -0.25) is 9.59 Å². The van der Waals surface area contributed by atoms with Crippen molar-refractivity contribution in [2.75, 3.05) is 16.8 Å². The summed E-state index contributed by atoms with van der Waals surface area (Å²) < 4.78 is 51.5. The summed E-state index contributed by atoms with van der Waals surface area (Å²) in [6, 6.07) is 9.69. The highest BCUT2D eigenvalue weighted by atomic mass is 19.4. The minimum absolute atomic E-state index is 0.00137. The first-order valence-corrected chi connectivity index (χ1v) is 7.78. The van der Waals surface area contributed by atoms with Gasteiger partial charge < -0.3 is 10.2 Å². The van der Waals surface area contributed by atoms with Gasteiger partial charge in [-0.2, -0.15) is 13.2 Å². The average molecular weight is 366 g/mol. The number of benzene rings is 2. The van der Waals surface area contributed by atoms with E-state index in [2.05, 4.69) is 5.32 Å². The summed E-state index contributed by atoms with van der Waals surface area (Å²) in [5.74, 6) is -2.15. The highest BCUT2D eigenvalue weighted by Crippen LogP contribution is 2.31. The van der Waals surface area contributed by atoms with Gasteiger partial charge in [0.1, 0.15) is 5.82 Å². The van der Waals surface area contributed by atoms with Crippen LogP contribution in [-0.2, 0) is 15.8 Å². The predicted molar refractivity (Wildman–Crippen MR) is 86.9 cm³/mol. The zero-order valence-corrected chi connectivity index (χ0v) is 13.4. The molecule has 1 N–H and O–H groups in total. The molecule has 1 atom stereocenters. The molecule has 2 aromatic rings. The van der Waals surface area contributed by atoms with Crippen LogP contribution in [0.4, 0.5) is 28.9 Å². The van der Waals surface area contributed by atoms with Crippen molar-refractivity contribution in [2.45, 2.75) is 12.6 Å². The molecule has 136 valence electrons. The molecule has 0 bridgehead atoms. The number of nitrogens with one attached hydrogen (secondary N) is 1. The fraction of sp³-hybridized carbons (Fsp3) is 0.222. The number of nitrogens with zero attached hydrogens (tertiary/aromatic N) is 1. The lowest BCUT2D eigenvalue weighted by atomic mass is 10.1. The first-order valence-electron chi connectivity index (χ1n) is 7.78. The van der Waals surface area contributed by atoms with Crippen LogP contribution >= 0.6 is 0 Å². The highest BCUT2D eigenvalue weighted by Gasteiger charge is 2.36. The van der Waals surface area contributed by atoms with Gasteiger partial charge in [-0.25, -0.2) is 4.39 Å². The number of anilines is 2. The zero-order chi connectivity index (χ0) is 18.9. The van der Waals surface area contributed by atoms with Crippen LogP contribution in [0.5, 0.6) is 0 Å². The Morgan fingerprint density at radius 2 is 1.85 bits per heavy atom. The molecule has 4 nitrogen and oxygen atoms in total. The molecule has 1 aliphatic heterocycles. The molecule has 0 aromatic heterocycles. The smallest absolute Gasteiger partial charge is 0.326 e. The highest BCUT2D eigenvalue weighted by molar-refractivity contribution is 6.03. The standard InChI is InChI=1S/C18H14F4N2O2/c19-13-4-2-6-15(9-13)24-10-11(7-16(24)25)17(26)23-14-5-1-3-12(8-14)18(20,21)22/h1-6,8-9,11H,7,10H2,(H,23,26). The summed E-state index contributed by atoms with van der Waals surface area (Å²) in [7, 11) is 0. The van der Waals surface area contributed by atoms with Crippen LogP contribution in [0.25, 0.3) is 0 Å². The van der Waals surface area contributed by atoms with Crippen molar-refractivity contribution in [2.24, 2.45) is 5.92 Å². The van der Waals surface area contributed by atoms with Crippen LogP contribution in [0.1, 0.15) is 12.0 Å². The molecule has 2 amide bonds. The van der Waals surface area contributed by atoms with Crippen molar-refractivity contribution in [3.63, 3.8) is 0 Å². The summed E-state index contributed by atoms with van der Waals surface area (Å²) in [5, 5.41) is 2.41. The Hall–Kier alpha value is -2.90. The van der Waals surface area contributed by atoms with Crippen LogP contribution in [-0.4, -0.2) is 18.4 Å². The number of carbonyl (C=O) groups is 2. The fourth-order valence-electron chi connectivity index (χ4n) is 2.79. The summed E-state index contributed by atoms with van der Waals surface area (Å²) in [6.45, 7) is 0.0348. The monoisotopic (exact) mass is 366 g/mol. The van der Waals surface area contributed by atoms with Gasteiger partial charge in [-0.1, -0.05) is 12.1 Å². The minimum Gasteiger partial charge on any atom is -0.326 e. The van der Waals surface area contributed by atoms with E-state index < -0.39 is 29.4 Å². The molecule has 1 unspecified atom stereocenters. The number of halogens is 4. The van der Waals surface area contributed by atoms with Crippen LogP contribution in [0.15, 0.2) is 48.5 Å². The molecule has 0 radical (unpaired) electrons. The Morgan fingerprint density at radius 3 is 2.54 bits per heavy atom. The normalized spacial score (nSPS) is 17.5. The number of hydrogen-bond donors (Lipinski definition) is 1. The maximum Gasteiger partial charge on any atom is 0.416 e. The summed E-state index contributed by atoms with van der Waals surface area (Å²) in [5.41, 5.74) is -0.537. The van der Waals surface area contributed by atoms with Crippen LogP contribution in [0, 0.1) is 11.7 Å². The van der Waals surface area contributed by atoms with Crippen LogP contribution < -0.4 is 10.2 Å². The van der Waals surface area contributed by atoms with Crippen molar-refractivity contribution >= 4 is 23.2 Å². The van der Waals surface area contributed by atoms with E-state index in [-0.39, 0.29) is 24.6 Å². The van der Waals surface area contributed by atoms with E-state index in [1.54, 1.807) is 6.07 Å². The molecule has 26 heavy (non-hydrogen) atoms.